The number of hydrogen-bond acceptors (Lipinski definition) is 4. The van der Waals surface area contributed by atoms with E-state index in [0.717, 1.165) is 0 Å². The van der Waals surface area contributed by atoms with Gasteiger partial charge in [-0.2, -0.15) is 0 Å². The average Bonchev–Trinajstić information content (AvgIpc) is 2.46. The number of ether oxygens (including phenoxy) is 2. The summed E-state index contributed by atoms with van der Waals surface area (Å²) in [6.07, 6.45) is 1.65. The van der Waals surface area contributed by atoms with Crippen LogP contribution in [-0.2, 0) is 0 Å². The molecule has 5 nitrogen and oxygen atoms in total. The molecule has 1 aromatic carbocycles. The molecule has 0 aliphatic heterocycles. The van der Waals surface area contributed by atoms with E-state index < -0.39 is 5.97 Å². The van der Waals surface area contributed by atoms with Crippen LogP contribution in [0.3, 0.4) is 0 Å². The normalized spacial score (nSPS) is 10.0. The van der Waals surface area contributed by atoms with Gasteiger partial charge in [0, 0.05) is 11.8 Å². The summed E-state index contributed by atoms with van der Waals surface area (Å²) in [4.78, 5) is 15.5. The number of rotatable bonds is 4. The minimum absolute atomic E-state index is 0.0440. The molecule has 0 aliphatic carbocycles. The van der Waals surface area contributed by atoms with E-state index in [1.807, 2.05) is 6.07 Å². The van der Waals surface area contributed by atoms with Gasteiger partial charge >= 0.3 is 5.97 Å². The Hall–Kier alpha value is -2.56. The van der Waals surface area contributed by atoms with Crippen molar-refractivity contribution in [1.29, 1.82) is 0 Å². The fourth-order valence-corrected chi connectivity index (χ4v) is 1.80. The summed E-state index contributed by atoms with van der Waals surface area (Å²) in [5.74, 6) is -0.509. The van der Waals surface area contributed by atoms with Gasteiger partial charge < -0.3 is 14.6 Å². The summed E-state index contributed by atoms with van der Waals surface area (Å²) in [5.41, 5.74) is 1.38. The lowest BCUT2D eigenvalue weighted by molar-refractivity contribution is 0.0692. The molecule has 1 aromatic heterocycles. The number of carboxylic acids is 1. The Kier molecular flexibility index (Phi) is 3.66. The van der Waals surface area contributed by atoms with E-state index in [2.05, 4.69) is 4.98 Å². The molecule has 0 unspecified atom stereocenters. The van der Waals surface area contributed by atoms with Gasteiger partial charge in [-0.25, -0.2) is 4.79 Å². The SMILES string of the molecule is COc1cc(-c2ccccn2)cc(C(=O)O)c1OC. The molecule has 1 N–H and O–H groups in total. The van der Waals surface area contributed by atoms with Gasteiger partial charge in [0.1, 0.15) is 5.56 Å². The lowest BCUT2D eigenvalue weighted by Crippen LogP contribution is -2.03. The van der Waals surface area contributed by atoms with Crippen LogP contribution in [0.1, 0.15) is 10.4 Å². The molecule has 19 heavy (non-hydrogen) atoms. The molecule has 0 fully saturated rings. The molecule has 2 rings (SSSR count). The zero-order chi connectivity index (χ0) is 13.8. The molecule has 0 atom stereocenters. The van der Waals surface area contributed by atoms with Gasteiger partial charge in [-0.1, -0.05) is 6.07 Å². The van der Waals surface area contributed by atoms with Crippen LogP contribution in [0.5, 0.6) is 11.5 Å². The van der Waals surface area contributed by atoms with Gasteiger partial charge in [0.05, 0.1) is 19.9 Å². The van der Waals surface area contributed by atoms with Crippen LogP contribution in [0.4, 0.5) is 0 Å². The molecular formula is C14H13NO4. The third-order valence-electron chi connectivity index (χ3n) is 2.67. The van der Waals surface area contributed by atoms with Crippen LogP contribution < -0.4 is 9.47 Å². The second-order valence-electron chi connectivity index (χ2n) is 3.78. The smallest absolute Gasteiger partial charge is 0.339 e. The number of aromatic carboxylic acids is 1. The Morgan fingerprint density at radius 2 is 2.00 bits per heavy atom. The topological polar surface area (TPSA) is 68.7 Å². The molecule has 1 heterocycles. The lowest BCUT2D eigenvalue weighted by Gasteiger charge is -2.12. The Morgan fingerprint density at radius 1 is 1.21 bits per heavy atom. The second-order valence-corrected chi connectivity index (χ2v) is 3.78. The van der Waals surface area contributed by atoms with E-state index in [1.165, 1.54) is 20.3 Å². The van der Waals surface area contributed by atoms with Crippen molar-refractivity contribution in [3.63, 3.8) is 0 Å². The number of hydrogen-bond donors (Lipinski definition) is 1. The first-order chi connectivity index (χ1) is 9.17. The first-order valence-corrected chi connectivity index (χ1v) is 5.58. The van der Waals surface area contributed by atoms with Gasteiger partial charge in [0.2, 0.25) is 0 Å². The maximum Gasteiger partial charge on any atom is 0.339 e. The summed E-state index contributed by atoms with van der Waals surface area (Å²) in [6.45, 7) is 0. The van der Waals surface area contributed by atoms with E-state index in [9.17, 15) is 9.90 Å². The zero-order valence-corrected chi connectivity index (χ0v) is 10.6. The largest absolute Gasteiger partial charge is 0.493 e. The number of carboxylic acid groups (broad SMARTS) is 1. The minimum Gasteiger partial charge on any atom is -0.493 e. The maximum atomic E-state index is 11.3. The summed E-state index contributed by atoms with van der Waals surface area (Å²) in [5, 5.41) is 9.23. The van der Waals surface area contributed by atoms with Crippen molar-refractivity contribution in [2.45, 2.75) is 0 Å². The van der Waals surface area contributed by atoms with Crippen molar-refractivity contribution >= 4 is 5.97 Å². The minimum atomic E-state index is -1.08. The number of aromatic nitrogens is 1. The van der Waals surface area contributed by atoms with Crippen molar-refractivity contribution in [2.24, 2.45) is 0 Å². The molecule has 0 amide bonds. The Labute approximate surface area is 110 Å². The second kappa shape index (κ2) is 5.39. The monoisotopic (exact) mass is 259 g/mol. The first-order valence-electron chi connectivity index (χ1n) is 5.58. The molecule has 0 radical (unpaired) electrons. The van der Waals surface area contributed by atoms with Crippen LogP contribution in [0.2, 0.25) is 0 Å². The highest BCUT2D eigenvalue weighted by atomic mass is 16.5. The van der Waals surface area contributed by atoms with E-state index in [4.69, 9.17) is 9.47 Å². The standard InChI is InChI=1S/C14H13NO4/c1-18-12-8-9(11-5-3-4-6-15-11)7-10(14(16)17)13(12)19-2/h3-8H,1-2H3,(H,16,17). The zero-order valence-electron chi connectivity index (χ0n) is 10.6. The van der Waals surface area contributed by atoms with Crippen LogP contribution >= 0.6 is 0 Å². The Balaban J connectivity index is 2.65. The summed E-state index contributed by atoms with van der Waals surface area (Å²) in [6, 6.07) is 8.65. The van der Waals surface area contributed by atoms with Gasteiger partial charge in [-0.05, 0) is 24.3 Å². The molecule has 5 heteroatoms. The molecule has 0 bridgehead atoms. The molecule has 0 saturated carbocycles. The number of carbonyl (C=O) groups is 1. The third-order valence-corrected chi connectivity index (χ3v) is 2.67. The van der Waals surface area contributed by atoms with Gasteiger partial charge in [0.25, 0.3) is 0 Å². The van der Waals surface area contributed by atoms with Gasteiger partial charge in [-0.15, -0.1) is 0 Å². The van der Waals surface area contributed by atoms with Crippen LogP contribution in [0, 0.1) is 0 Å². The first kappa shape index (κ1) is 12.9. The summed E-state index contributed by atoms with van der Waals surface area (Å²) in [7, 11) is 2.87. The highest BCUT2D eigenvalue weighted by Gasteiger charge is 2.18. The molecule has 98 valence electrons. The predicted molar refractivity (Wildman–Crippen MR) is 69.7 cm³/mol. The molecule has 0 spiro atoms. The number of pyridine rings is 1. The summed E-state index contributed by atoms with van der Waals surface area (Å²) >= 11 is 0. The number of nitrogens with zero attached hydrogens (tertiary/aromatic N) is 1. The highest BCUT2D eigenvalue weighted by molar-refractivity contribution is 5.94. The van der Waals surface area contributed by atoms with E-state index in [1.54, 1.807) is 24.4 Å². The number of benzene rings is 1. The quantitative estimate of drug-likeness (QED) is 0.913. The van der Waals surface area contributed by atoms with E-state index in [0.29, 0.717) is 17.0 Å². The lowest BCUT2D eigenvalue weighted by atomic mass is 10.1. The fourth-order valence-electron chi connectivity index (χ4n) is 1.80. The van der Waals surface area contributed by atoms with Crippen molar-refractivity contribution in [1.82, 2.24) is 4.98 Å². The van der Waals surface area contributed by atoms with Gasteiger partial charge in [-0.3, -0.25) is 4.98 Å². The third kappa shape index (κ3) is 2.49. The van der Waals surface area contributed by atoms with E-state index in [-0.39, 0.29) is 11.3 Å². The highest BCUT2D eigenvalue weighted by Crippen LogP contribution is 2.35. The van der Waals surface area contributed by atoms with Crippen molar-refractivity contribution in [3.8, 4) is 22.8 Å². The van der Waals surface area contributed by atoms with Crippen LogP contribution in [0.25, 0.3) is 11.3 Å². The molecule has 2 aromatic rings. The van der Waals surface area contributed by atoms with Crippen molar-refractivity contribution in [3.05, 3.63) is 42.1 Å². The van der Waals surface area contributed by atoms with Crippen molar-refractivity contribution in [2.75, 3.05) is 14.2 Å². The van der Waals surface area contributed by atoms with Crippen molar-refractivity contribution < 1.29 is 19.4 Å². The predicted octanol–water partition coefficient (Wildman–Crippen LogP) is 2.46. The molecule has 0 saturated heterocycles. The Morgan fingerprint density at radius 3 is 2.53 bits per heavy atom. The van der Waals surface area contributed by atoms with E-state index >= 15 is 0 Å². The van der Waals surface area contributed by atoms with Crippen LogP contribution in [0.15, 0.2) is 36.5 Å². The molecular weight excluding hydrogens is 246 g/mol. The Bertz CT molecular complexity index is 596. The average molecular weight is 259 g/mol. The fraction of sp³-hybridized carbons (Fsp3) is 0.143. The van der Waals surface area contributed by atoms with Crippen LogP contribution in [-0.4, -0.2) is 30.3 Å². The maximum absolute atomic E-state index is 11.3. The molecule has 0 aliphatic rings. The number of methoxy groups -OCH3 is 2. The van der Waals surface area contributed by atoms with Gasteiger partial charge in [0.15, 0.2) is 11.5 Å². The summed E-state index contributed by atoms with van der Waals surface area (Å²) < 4.78 is 10.3.